The molecular formula is C11H11ClF3NO. The maximum atomic E-state index is 12.6. The highest BCUT2D eigenvalue weighted by Crippen LogP contribution is 2.43. The lowest BCUT2D eigenvalue weighted by Gasteiger charge is -2.43. The first-order valence-electron chi connectivity index (χ1n) is 5.06. The molecule has 0 spiro atoms. The van der Waals surface area contributed by atoms with Crippen LogP contribution in [-0.2, 0) is 11.7 Å². The zero-order valence-corrected chi connectivity index (χ0v) is 9.52. The summed E-state index contributed by atoms with van der Waals surface area (Å²) in [6, 6.07) is 3.08. The molecule has 1 saturated carbocycles. The van der Waals surface area contributed by atoms with Crippen molar-refractivity contribution in [2.24, 2.45) is 5.73 Å². The first kappa shape index (κ1) is 12.7. The molecule has 0 bridgehead atoms. The molecule has 1 aliphatic rings. The second kappa shape index (κ2) is 3.86. The van der Waals surface area contributed by atoms with Crippen LogP contribution >= 0.6 is 11.6 Å². The van der Waals surface area contributed by atoms with Gasteiger partial charge in [0, 0.05) is 10.6 Å². The maximum Gasteiger partial charge on any atom is 0.416 e. The van der Waals surface area contributed by atoms with E-state index >= 15 is 0 Å². The predicted molar refractivity (Wildman–Crippen MR) is 57.6 cm³/mol. The van der Waals surface area contributed by atoms with Gasteiger partial charge in [0.25, 0.3) is 0 Å². The lowest BCUT2D eigenvalue weighted by Crippen LogP contribution is -2.51. The predicted octanol–water partition coefficient (Wildman–Crippen LogP) is 2.67. The minimum absolute atomic E-state index is 0.201. The summed E-state index contributed by atoms with van der Waals surface area (Å²) in [5.41, 5.74) is 4.44. The summed E-state index contributed by atoms with van der Waals surface area (Å²) in [5, 5.41) is 9.42. The third kappa shape index (κ3) is 2.27. The van der Waals surface area contributed by atoms with Gasteiger partial charge < -0.3 is 10.8 Å². The van der Waals surface area contributed by atoms with Crippen LogP contribution in [0, 0.1) is 0 Å². The van der Waals surface area contributed by atoms with Gasteiger partial charge in [-0.3, -0.25) is 0 Å². The Balaban J connectivity index is 2.41. The number of aliphatic hydroxyl groups is 1. The van der Waals surface area contributed by atoms with E-state index in [1.165, 1.54) is 6.07 Å². The van der Waals surface area contributed by atoms with Gasteiger partial charge in [0.1, 0.15) is 0 Å². The number of benzene rings is 1. The molecule has 6 heteroatoms. The van der Waals surface area contributed by atoms with Gasteiger partial charge >= 0.3 is 6.18 Å². The molecule has 1 aromatic rings. The van der Waals surface area contributed by atoms with Crippen LogP contribution in [0.5, 0.6) is 0 Å². The number of aliphatic hydroxyl groups excluding tert-OH is 1. The number of hydrogen-bond acceptors (Lipinski definition) is 2. The molecule has 17 heavy (non-hydrogen) atoms. The lowest BCUT2D eigenvalue weighted by atomic mass is 9.70. The second-order valence-corrected chi connectivity index (χ2v) is 4.82. The minimum Gasteiger partial charge on any atom is -0.393 e. The lowest BCUT2D eigenvalue weighted by molar-refractivity contribution is -0.137. The van der Waals surface area contributed by atoms with Crippen LogP contribution < -0.4 is 5.73 Å². The SMILES string of the molecule is NC1(c2cc(C(F)(F)F)ccc2Cl)CC(O)C1. The maximum absolute atomic E-state index is 12.6. The van der Waals surface area contributed by atoms with E-state index < -0.39 is 23.4 Å². The van der Waals surface area contributed by atoms with Gasteiger partial charge in [-0.15, -0.1) is 0 Å². The molecule has 94 valence electrons. The van der Waals surface area contributed by atoms with Gasteiger partial charge in [-0.1, -0.05) is 11.6 Å². The van der Waals surface area contributed by atoms with E-state index in [1.54, 1.807) is 0 Å². The van der Waals surface area contributed by atoms with Crippen molar-refractivity contribution in [2.75, 3.05) is 0 Å². The van der Waals surface area contributed by atoms with Crippen molar-refractivity contribution in [3.63, 3.8) is 0 Å². The third-order valence-corrected chi connectivity index (χ3v) is 3.36. The van der Waals surface area contributed by atoms with Crippen molar-refractivity contribution in [3.8, 4) is 0 Å². The van der Waals surface area contributed by atoms with Gasteiger partial charge in [-0.2, -0.15) is 13.2 Å². The highest BCUT2D eigenvalue weighted by atomic mass is 35.5. The molecule has 0 saturated heterocycles. The summed E-state index contributed by atoms with van der Waals surface area (Å²) in [6.07, 6.45) is -4.52. The summed E-state index contributed by atoms with van der Waals surface area (Å²) >= 11 is 5.86. The van der Waals surface area contributed by atoms with Gasteiger partial charge in [-0.25, -0.2) is 0 Å². The van der Waals surface area contributed by atoms with Gasteiger partial charge in [-0.05, 0) is 36.6 Å². The third-order valence-electron chi connectivity index (χ3n) is 3.03. The standard InChI is InChI=1S/C11H11ClF3NO/c12-9-2-1-6(11(13,14)15)3-8(9)10(16)4-7(17)5-10/h1-3,7,17H,4-5,16H2. The van der Waals surface area contributed by atoms with Crippen molar-refractivity contribution < 1.29 is 18.3 Å². The summed E-state index contributed by atoms with van der Waals surface area (Å²) < 4.78 is 37.7. The number of alkyl halides is 3. The Bertz CT molecular complexity index is 441. The average molecular weight is 266 g/mol. The molecule has 0 atom stereocenters. The van der Waals surface area contributed by atoms with Crippen molar-refractivity contribution in [3.05, 3.63) is 34.3 Å². The Morgan fingerprint density at radius 3 is 2.41 bits per heavy atom. The highest BCUT2D eigenvalue weighted by Gasteiger charge is 2.43. The molecule has 2 rings (SSSR count). The first-order valence-corrected chi connectivity index (χ1v) is 5.44. The molecule has 0 amide bonds. The summed E-state index contributed by atoms with van der Waals surface area (Å²) in [4.78, 5) is 0. The Morgan fingerprint density at radius 2 is 1.94 bits per heavy atom. The Labute approximate surface area is 101 Å². The molecule has 1 aromatic carbocycles. The van der Waals surface area contributed by atoms with Crippen LogP contribution in [0.4, 0.5) is 13.2 Å². The molecule has 0 radical (unpaired) electrons. The van der Waals surface area contributed by atoms with Crippen molar-refractivity contribution in [1.29, 1.82) is 0 Å². The molecular weight excluding hydrogens is 255 g/mol. The molecule has 2 nitrogen and oxygen atoms in total. The summed E-state index contributed by atoms with van der Waals surface area (Å²) in [5.74, 6) is 0. The number of hydrogen-bond donors (Lipinski definition) is 2. The fourth-order valence-corrected chi connectivity index (χ4v) is 2.39. The van der Waals surface area contributed by atoms with E-state index in [-0.39, 0.29) is 23.4 Å². The van der Waals surface area contributed by atoms with Crippen molar-refractivity contribution in [1.82, 2.24) is 0 Å². The fourth-order valence-electron chi connectivity index (χ4n) is 2.08. The molecule has 0 unspecified atom stereocenters. The first-order chi connectivity index (χ1) is 7.72. The molecule has 0 aliphatic heterocycles. The highest BCUT2D eigenvalue weighted by molar-refractivity contribution is 6.31. The van der Waals surface area contributed by atoms with E-state index in [0.29, 0.717) is 0 Å². The summed E-state index contributed by atoms with van der Waals surface area (Å²) in [7, 11) is 0. The van der Waals surface area contributed by atoms with Crippen LogP contribution in [0.25, 0.3) is 0 Å². The number of nitrogens with two attached hydrogens (primary N) is 1. The van der Waals surface area contributed by atoms with Crippen LogP contribution in [0.3, 0.4) is 0 Å². The minimum atomic E-state index is -4.42. The van der Waals surface area contributed by atoms with Crippen LogP contribution in [0.1, 0.15) is 24.0 Å². The van der Waals surface area contributed by atoms with Crippen molar-refractivity contribution in [2.45, 2.75) is 30.7 Å². The van der Waals surface area contributed by atoms with E-state index in [0.717, 1.165) is 12.1 Å². The Morgan fingerprint density at radius 1 is 1.35 bits per heavy atom. The van der Waals surface area contributed by atoms with Crippen LogP contribution in [0.2, 0.25) is 5.02 Å². The molecule has 3 N–H and O–H groups in total. The molecule has 1 fully saturated rings. The topological polar surface area (TPSA) is 46.2 Å². The monoisotopic (exact) mass is 265 g/mol. The summed E-state index contributed by atoms with van der Waals surface area (Å²) in [6.45, 7) is 0. The zero-order chi connectivity index (χ0) is 12.8. The Hall–Kier alpha value is -0.780. The van der Waals surface area contributed by atoms with Gasteiger partial charge in [0.05, 0.1) is 11.7 Å². The molecule has 1 aliphatic carbocycles. The Kier molecular flexibility index (Phi) is 2.88. The molecule has 0 aromatic heterocycles. The number of rotatable bonds is 1. The molecule has 0 heterocycles. The van der Waals surface area contributed by atoms with Crippen LogP contribution in [-0.4, -0.2) is 11.2 Å². The fraction of sp³-hybridized carbons (Fsp3) is 0.455. The van der Waals surface area contributed by atoms with E-state index in [4.69, 9.17) is 17.3 Å². The van der Waals surface area contributed by atoms with E-state index in [1.807, 2.05) is 0 Å². The number of halogens is 4. The second-order valence-electron chi connectivity index (χ2n) is 4.41. The largest absolute Gasteiger partial charge is 0.416 e. The zero-order valence-electron chi connectivity index (χ0n) is 8.76. The normalized spacial score (nSPS) is 28.9. The smallest absolute Gasteiger partial charge is 0.393 e. The van der Waals surface area contributed by atoms with Crippen molar-refractivity contribution >= 4 is 11.6 Å². The van der Waals surface area contributed by atoms with E-state index in [9.17, 15) is 18.3 Å². The van der Waals surface area contributed by atoms with Gasteiger partial charge in [0.15, 0.2) is 0 Å². The average Bonchev–Trinajstić information content (AvgIpc) is 2.14. The van der Waals surface area contributed by atoms with Gasteiger partial charge in [0.2, 0.25) is 0 Å². The van der Waals surface area contributed by atoms with Crippen LogP contribution in [0.15, 0.2) is 18.2 Å². The van der Waals surface area contributed by atoms with E-state index in [2.05, 4.69) is 0 Å². The quantitative estimate of drug-likeness (QED) is 0.820.